The summed E-state index contributed by atoms with van der Waals surface area (Å²) in [6.45, 7) is 7.44. The molecule has 7 heteroatoms. The Morgan fingerprint density at radius 1 is 1.03 bits per heavy atom. The summed E-state index contributed by atoms with van der Waals surface area (Å²) in [5.74, 6) is -0.101. The van der Waals surface area contributed by atoms with Crippen molar-refractivity contribution >= 4 is 16.0 Å². The van der Waals surface area contributed by atoms with Crippen LogP contribution in [-0.2, 0) is 29.7 Å². The number of nitrogens with zero attached hydrogens (tertiary/aromatic N) is 2. The van der Waals surface area contributed by atoms with E-state index in [1.807, 2.05) is 6.07 Å². The van der Waals surface area contributed by atoms with Crippen molar-refractivity contribution in [1.82, 2.24) is 9.88 Å². The zero-order chi connectivity index (χ0) is 22.0. The van der Waals surface area contributed by atoms with Gasteiger partial charge >= 0.3 is 10.4 Å². The van der Waals surface area contributed by atoms with Gasteiger partial charge < -0.3 is 9.08 Å². The molecule has 0 saturated carbocycles. The summed E-state index contributed by atoms with van der Waals surface area (Å²) in [5, 5.41) is 0. The van der Waals surface area contributed by atoms with E-state index in [2.05, 4.69) is 41.9 Å². The molecule has 2 aliphatic rings. The molecule has 0 unspecified atom stereocenters. The molecule has 1 aliphatic carbocycles. The van der Waals surface area contributed by atoms with Gasteiger partial charge in [-0.2, -0.15) is 8.42 Å². The molecule has 1 aromatic heterocycles. The van der Waals surface area contributed by atoms with Gasteiger partial charge in [0, 0.05) is 24.7 Å². The van der Waals surface area contributed by atoms with Gasteiger partial charge in [0.25, 0.3) is 0 Å². The van der Waals surface area contributed by atoms with Crippen LogP contribution in [0.15, 0.2) is 35.9 Å². The Labute approximate surface area is 184 Å². The molecule has 2 heterocycles. The van der Waals surface area contributed by atoms with E-state index in [4.69, 9.17) is 8.74 Å². The maximum absolute atomic E-state index is 11.3. The van der Waals surface area contributed by atoms with Crippen molar-refractivity contribution in [2.75, 3.05) is 19.6 Å². The van der Waals surface area contributed by atoms with E-state index in [1.165, 1.54) is 28.3 Å². The fourth-order valence-corrected chi connectivity index (χ4v) is 5.04. The lowest BCUT2D eigenvalue weighted by atomic mass is 9.87. The average molecular weight is 443 g/mol. The largest absolute Gasteiger partial charge is 0.447 e. The van der Waals surface area contributed by atoms with Crippen LogP contribution in [0.2, 0.25) is 0 Å². The Bertz CT molecular complexity index is 1100. The quantitative estimate of drug-likeness (QED) is 0.698. The summed E-state index contributed by atoms with van der Waals surface area (Å²) >= 11 is 0. The minimum atomic E-state index is -4.62. The van der Waals surface area contributed by atoms with Crippen molar-refractivity contribution in [2.24, 2.45) is 0 Å². The van der Waals surface area contributed by atoms with Crippen LogP contribution >= 0.6 is 0 Å². The van der Waals surface area contributed by atoms with Gasteiger partial charge in [-0.3, -0.25) is 4.55 Å². The molecule has 1 fully saturated rings. The monoisotopic (exact) mass is 442 g/mol. The van der Waals surface area contributed by atoms with Crippen LogP contribution in [0.4, 0.5) is 0 Å². The summed E-state index contributed by atoms with van der Waals surface area (Å²) in [7, 11) is -4.62. The highest BCUT2D eigenvalue weighted by atomic mass is 32.3. The smallest absolute Gasteiger partial charge is 0.341 e. The van der Waals surface area contributed by atoms with Crippen LogP contribution in [0, 0.1) is 0 Å². The van der Waals surface area contributed by atoms with Crippen LogP contribution in [-0.4, -0.2) is 42.5 Å². The third-order valence-electron chi connectivity index (χ3n) is 6.28. The van der Waals surface area contributed by atoms with E-state index in [0.717, 1.165) is 75.0 Å². The second-order valence-electron chi connectivity index (χ2n) is 8.32. The van der Waals surface area contributed by atoms with E-state index >= 15 is 0 Å². The molecule has 6 nitrogen and oxygen atoms in total. The second-order valence-corrected chi connectivity index (χ2v) is 9.34. The number of rotatable bonds is 5. The molecule has 0 atom stereocenters. The van der Waals surface area contributed by atoms with Gasteiger partial charge in [-0.25, -0.2) is 4.98 Å². The first-order chi connectivity index (χ1) is 14.9. The van der Waals surface area contributed by atoms with Crippen LogP contribution in [0.1, 0.15) is 61.1 Å². The molecule has 2 aromatic rings. The van der Waals surface area contributed by atoms with Crippen LogP contribution in [0.25, 0.3) is 5.57 Å². The predicted octanol–water partition coefficient (Wildman–Crippen LogP) is 4.23. The van der Waals surface area contributed by atoms with Gasteiger partial charge in [-0.15, -0.1) is 0 Å². The first-order valence-corrected chi connectivity index (χ1v) is 12.5. The van der Waals surface area contributed by atoms with E-state index in [0.29, 0.717) is 0 Å². The molecule has 1 saturated heterocycles. The molecule has 0 bridgehead atoms. The predicted molar refractivity (Wildman–Crippen MR) is 122 cm³/mol. The number of aryl methyl sites for hydroxylation is 3. The summed E-state index contributed by atoms with van der Waals surface area (Å²) in [4.78, 5) is 7.02. The molecule has 31 heavy (non-hydrogen) atoms. The first-order valence-electron chi connectivity index (χ1n) is 11.1. The van der Waals surface area contributed by atoms with E-state index in [-0.39, 0.29) is 5.88 Å². The molecule has 0 spiro atoms. The third-order valence-corrected chi connectivity index (χ3v) is 6.66. The highest BCUT2D eigenvalue weighted by Gasteiger charge is 2.26. The number of likely N-dealkylation sites (tertiary alicyclic amines) is 1. The molecule has 1 aromatic carbocycles. The lowest BCUT2D eigenvalue weighted by Crippen LogP contribution is -2.30. The first kappa shape index (κ1) is 22.0. The molecule has 0 radical (unpaired) electrons. The maximum Gasteiger partial charge on any atom is 0.447 e. The number of fused-ring (bicyclic) bond motifs is 2. The topological polar surface area (TPSA) is 79.7 Å². The van der Waals surface area contributed by atoms with E-state index < -0.39 is 10.4 Å². The number of pyridine rings is 1. The Balaban J connectivity index is 1.86. The summed E-state index contributed by atoms with van der Waals surface area (Å²) in [6.07, 6.45) is 5.83. The average Bonchev–Trinajstić information content (AvgIpc) is 2.89. The zero-order valence-corrected chi connectivity index (χ0v) is 19.0. The third kappa shape index (κ3) is 5.00. The standard InChI is InChI=1S/C24H30N2O4S/c1-3-5-17-6-10-21-20(16-17)8-7-19-9-11-22(30-31(27,28)29)25-24(19)23(21)18-12-14-26(4-2)15-13-18/h6,9-11,16H,3-5,7-8,12-15H2,1-2H3,(H,27,28,29). The Kier molecular flexibility index (Phi) is 6.46. The lowest BCUT2D eigenvalue weighted by Gasteiger charge is -2.29. The van der Waals surface area contributed by atoms with E-state index in [9.17, 15) is 8.42 Å². The lowest BCUT2D eigenvalue weighted by molar-refractivity contribution is 0.270. The number of hydrogen-bond donors (Lipinski definition) is 1. The van der Waals surface area contributed by atoms with Crippen LogP contribution in [0.3, 0.4) is 0 Å². The highest BCUT2D eigenvalue weighted by molar-refractivity contribution is 7.81. The fraction of sp³-hybridized carbons (Fsp3) is 0.458. The van der Waals surface area contributed by atoms with Crippen molar-refractivity contribution < 1.29 is 17.2 Å². The van der Waals surface area contributed by atoms with Crippen molar-refractivity contribution in [3.63, 3.8) is 0 Å². The van der Waals surface area contributed by atoms with Crippen molar-refractivity contribution in [2.45, 2.75) is 52.4 Å². The van der Waals surface area contributed by atoms with Gasteiger partial charge in [0.1, 0.15) is 0 Å². The minimum Gasteiger partial charge on any atom is -0.341 e. The van der Waals surface area contributed by atoms with Crippen molar-refractivity contribution in [3.05, 3.63) is 63.9 Å². The van der Waals surface area contributed by atoms with Crippen LogP contribution < -0.4 is 4.18 Å². The summed E-state index contributed by atoms with van der Waals surface area (Å²) in [6, 6.07) is 10.1. The zero-order valence-electron chi connectivity index (χ0n) is 18.2. The number of hydrogen-bond acceptors (Lipinski definition) is 5. The summed E-state index contributed by atoms with van der Waals surface area (Å²) in [5.41, 5.74) is 8.19. The Morgan fingerprint density at radius 3 is 2.45 bits per heavy atom. The molecular formula is C24H30N2O4S. The van der Waals surface area contributed by atoms with Crippen molar-refractivity contribution in [3.8, 4) is 5.88 Å². The molecule has 4 rings (SSSR count). The van der Waals surface area contributed by atoms with Gasteiger partial charge in [-0.05, 0) is 60.9 Å². The second kappa shape index (κ2) is 9.10. The molecule has 1 aliphatic heterocycles. The van der Waals surface area contributed by atoms with Crippen molar-refractivity contribution in [1.29, 1.82) is 0 Å². The van der Waals surface area contributed by atoms with Crippen LogP contribution in [0.5, 0.6) is 5.88 Å². The molecular weight excluding hydrogens is 412 g/mol. The number of aromatic nitrogens is 1. The Hall–Kier alpha value is -2.22. The van der Waals surface area contributed by atoms with Gasteiger partial charge in [-0.1, -0.05) is 50.1 Å². The molecule has 1 N–H and O–H groups in total. The highest BCUT2D eigenvalue weighted by Crippen LogP contribution is 2.39. The van der Waals surface area contributed by atoms with Gasteiger partial charge in [0.2, 0.25) is 5.88 Å². The minimum absolute atomic E-state index is 0.101. The summed E-state index contributed by atoms with van der Waals surface area (Å²) < 4.78 is 36.4. The Morgan fingerprint density at radius 2 is 1.77 bits per heavy atom. The molecule has 0 amide bonds. The molecule has 166 valence electrons. The number of benzene rings is 1. The number of piperidine rings is 1. The normalized spacial score (nSPS) is 17.1. The van der Waals surface area contributed by atoms with Gasteiger partial charge in [0.15, 0.2) is 0 Å². The SMILES string of the molecule is CCCc1ccc2c(c1)CCc1ccc(OS(=O)(=O)O)nc1C2=C1CCN(CC)CC1. The fourth-order valence-electron chi connectivity index (χ4n) is 4.73. The van der Waals surface area contributed by atoms with Gasteiger partial charge in [0.05, 0.1) is 5.69 Å². The van der Waals surface area contributed by atoms with E-state index in [1.54, 1.807) is 0 Å². The maximum atomic E-state index is 11.3.